The fourth-order valence-corrected chi connectivity index (χ4v) is 3.86. The van der Waals surface area contributed by atoms with Crippen molar-refractivity contribution in [2.24, 2.45) is 0 Å². The van der Waals surface area contributed by atoms with Gasteiger partial charge in [0.05, 0.1) is 17.5 Å². The van der Waals surface area contributed by atoms with Crippen LogP contribution in [-0.2, 0) is 0 Å². The highest BCUT2D eigenvalue weighted by molar-refractivity contribution is 6.06. The number of amides is 1. The number of nitrogens with zero attached hydrogens (tertiary/aromatic N) is 5. The van der Waals surface area contributed by atoms with Crippen molar-refractivity contribution in [3.63, 3.8) is 0 Å². The van der Waals surface area contributed by atoms with E-state index in [1.807, 2.05) is 55.3 Å². The molecule has 3 heterocycles. The monoisotopic (exact) mass is 375 g/mol. The molecule has 3 aromatic rings. The minimum absolute atomic E-state index is 0.0389. The number of aryl methyl sites for hydroxylation is 1. The Kier molecular flexibility index (Phi) is 5.19. The van der Waals surface area contributed by atoms with E-state index in [9.17, 15) is 4.79 Å². The standard InChI is InChI=1S/C22H25N5O/c1-16-11-12-20(24-14-16)26(18-8-4-3-5-9-18)22(28)19-15-25-27(17(19)2)21-10-6-7-13-23-21/h6-7,10-15,18H,3-5,8-9H2,1-2H3. The Balaban J connectivity index is 1.71. The van der Waals surface area contributed by atoms with Crippen LogP contribution in [-0.4, -0.2) is 31.7 Å². The van der Waals surface area contributed by atoms with Crippen LogP contribution in [0.2, 0.25) is 0 Å². The van der Waals surface area contributed by atoms with E-state index in [0.717, 1.165) is 36.9 Å². The average molecular weight is 375 g/mol. The largest absolute Gasteiger partial charge is 0.289 e. The molecule has 0 unspecified atom stereocenters. The molecule has 1 saturated carbocycles. The summed E-state index contributed by atoms with van der Waals surface area (Å²) in [6, 6.07) is 9.79. The van der Waals surface area contributed by atoms with E-state index in [-0.39, 0.29) is 11.9 Å². The molecule has 0 N–H and O–H groups in total. The van der Waals surface area contributed by atoms with Crippen molar-refractivity contribution in [1.29, 1.82) is 0 Å². The quantitative estimate of drug-likeness (QED) is 0.683. The summed E-state index contributed by atoms with van der Waals surface area (Å²) in [6.45, 7) is 3.92. The van der Waals surface area contributed by atoms with Gasteiger partial charge in [-0.05, 0) is 50.5 Å². The van der Waals surface area contributed by atoms with Crippen LogP contribution in [0.3, 0.4) is 0 Å². The van der Waals surface area contributed by atoms with Crippen molar-refractivity contribution in [3.05, 3.63) is 65.7 Å². The molecule has 1 amide bonds. The number of hydrogen-bond donors (Lipinski definition) is 0. The Morgan fingerprint density at radius 2 is 1.86 bits per heavy atom. The lowest BCUT2D eigenvalue weighted by Crippen LogP contribution is -2.42. The fraction of sp³-hybridized carbons (Fsp3) is 0.364. The highest BCUT2D eigenvalue weighted by atomic mass is 16.2. The predicted molar refractivity (Wildman–Crippen MR) is 109 cm³/mol. The van der Waals surface area contributed by atoms with Gasteiger partial charge in [-0.15, -0.1) is 0 Å². The highest BCUT2D eigenvalue weighted by Gasteiger charge is 2.30. The summed E-state index contributed by atoms with van der Waals surface area (Å²) in [5.74, 6) is 1.38. The maximum Gasteiger partial charge on any atom is 0.263 e. The van der Waals surface area contributed by atoms with Crippen molar-refractivity contribution in [3.8, 4) is 5.82 Å². The van der Waals surface area contributed by atoms with Crippen LogP contribution in [0.4, 0.5) is 5.82 Å². The zero-order valence-corrected chi connectivity index (χ0v) is 16.4. The molecule has 0 bridgehead atoms. The summed E-state index contributed by atoms with van der Waals surface area (Å²) in [5.41, 5.74) is 2.47. The maximum atomic E-state index is 13.6. The molecule has 28 heavy (non-hydrogen) atoms. The van der Waals surface area contributed by atoms with Crippen LogP contribution in [0.25, 0.3) is 5.82 Å². The van der Waals surface area contributed by atoms with Crippen molar-refractivity contribution in [2.75, 3.05) is 4.90 Å². The predicted octanol–water partition coefficient (Wildman–Crippen LogP) is 4.26. The summed E-state index contributed by atoms with van der Waals surface area (Å²) in [5, 5.41) is 4.43. The van der Waals surface area contributed by atoms with Gasteiger partial charge in [-0.1, -0.05) is 31.4 Å². The molecule has 0 atom stereocenters. The van der Waals surface area contributed by atoms with Crippen molar-refractivity contribution >= 4 is 11.7 Å². The molecule has 4 rings (SSSR count). The Morgan fingerprint density at radius 3 is 2.54 bits per heavy atom. The normalized spacial score (nSPS) is 14.8. The average Bonchev–Trinajstić information content (AvgIpc) is 3.12. The molecule has 1 aliphatic carbocycles. The molecule has 1 fully saturated rings. The first-order chi connectivity index (χ1) is 13.6. The number of hydrogen-bond acceptors (Lipinski definition) is 4. The molecule has 6 heteroatoms. The number of pyridine rings is 2. The summed E-state index contributed by atoms with van der Waals surface area (Å²) in [6.07, 6.45) is 10.7. The molecular formula is C22H25N5O. The minimum Gasteiger partial charge on any atom is -0.289 e. The van der Waals surface area contributed by atoms with E-state index >= 15 is 0 Å². The lowest BCUT2D eigenvalue weighted by Gasteiger charge is -2.33. The van der Waals surface area contributed by atoms with Crippen LogP contribution in [0.5, 0.6) is 0 Å². The van der Waals surface area contributed by atoms with Crippen molar-refractivity contribution in [2.45, 2.75) is 52.0 Å². The van der Waals surface area contributed by atoms with Gasteiger partial charge in [0.1, 0.15) is 5.82 Å². The summed E-state index contributed by atoms with van der Waals surface area (Å²) in [4.78, 5) is 24.4. The number of carbonyl (C=O) groups excluding carboxylic acids is 1. The topological polar surface area (TPSA) is 63.9 Å². The Bertz CT molecular complexity index is 943. The van der Waals surface area contributed by atoms with Gasteiger partial charge in [0.2, 0.25) is 0 Å². The van der Waals surface area contributed by atoms with Gasteiger partial charge >= 0.3 is 0 Å². The first-order valence-electron chi connectivity index (χ1n) is 9.87. The van der Waals surface area contributed by atoms with Gasteiger partial charge < -0.3 is 0 Å². The number of anilines is 1. The third kappa shape index (κ3) is 3.54. The minimum atomic E-state index is -0.0389. The zero-order chi connectivity index (χ0) is 19.5. The van der Waals surface area contributed by atoms with E-state index in [4.69, 9.17) is 0 Å². The second-order valence-corrected chi connectivity index (χ2v) is 7.40. The SMILES string of the molecule is Cc1ccc(N(C(=O)c2cnn(-c3ccccn3)c2C)C2CCCCC2)nc1. The Labute approximate surface area is 165 Å². The van der Waals surface area contributed by atoms with Crippen LogP contribution < -0.4 is 4.90 Å². The first kappa shape index (κ1) is 18.3. The summed E-state index contributed by atoms with van der Waals surface area (Å²) >= 11 is 0. The molecule has 3 aromatic heterocycles. The summed E-state index contributed by atoms with van der Waals surface area (Å²) < 4.78 is 1.72. The van der Waals surface area contributed by atoms with E-state index in [1.165, 1.54) is 6.42 Å². The molecule has 6 nitrogen and oxygen atoms in total. The van der Waals surface area contributed by atoms with Gasteiger partial charge in [-0.25, -0.2) is 14.6 Å². The molecular weight excluding hydrogens is 350 g/mol. The number of rotatable bonds is 4. The van der Waals surface area contributed by atoms with E-state index in [2.05, 4.69) is 15.1 Å². The van der Waals surface area contributed by atoms with Gasteiger partial charge in [-0.3, -0.25) is 9.69 Å². The number of aromatic nitrogens is 4. The van der Waals surface area contributed by atoms with Crippen LogP contribution in [0, 0.1) is 13.8 Å². The molecule has 0 aliphatic heterocycles. The van der Waals surface area contributed by atoms with Gasteiger partial charge in [-0.2, -0.15) is 5.10 Å². The van der Waals surface area contributed by atoms with E-state index in [0.29, 0.717) is 17.2 Å². The fourth-order valence-electron chi connectivity index (χ4n) is 3.86. The number of carbonyl (C=O) groups is 1. The Morgan fingerprint density at radius 1 is 1.04 bits per heavy atom. The molecule has 0 spiro atoms. The zero-order valence-electron chi connectivity index (χ0n) is 16.4. The van der Waals surface area contributed by atoms with Crippen molar-refractivity contribution < 1.29 is 4.79 Å². The molecule has 144 valence electrons. The second-order valence-electron chi connectivity index (χ2n) is 7.40. The van der Waals surface area contributed by atoms with Gasteiger partial charge in [0, 0.05) is 18.4 Å². The Hall–Kier alpha value is -3.02. The van der Waals surface area contributed by atoms with Crippen molar-refractivity contribution in [1.82, 2.24) is 19.7 Å². The summed E-state index contributed by atoms with van der Waals surface area (Å²) in [7, 11) is 0. The lowest BCUT2D eigenvalue weighted by atomic mass is 9.93. The van der Waals surface area contributed by atoms with Gasteiger partial charge in [0.25, 0.3) is 5.91 Å². The lowest BCUT2D eigenvalue weighted by molar-refractivity contribution is 0.0969. The first-order valence-corrected chi connectivity index (χ1v) is 9.87. The molecule has 0 radical (unpaired) electrons. The van der Waals surface area contributed by atoms with Crippen LogP contribution in [0.1, 0.15) is 53.7 Å². The molecule has 1 aliphatic rings. The van der Waals surface area contributed by atoms with Crippen LogP contribution >= 0.6 is 0 Å². The second kappa shape index (κ2) is 7.92. The maximum absolute atomic E-state index is 13.6. The molecule has 0 aromatic carbocycles. The highest BCUT2D eigenvalue weighted by Crippen LogP contribution is 2.29. The smallest absolute Gasteiger partial charge is 0.263 e. The van der Waals surface area contributed by atoms with E-state index < -0.39 is 0 Å². The third-order valence-corrected chi connectivity index (χ3v) is 5.41. The van der Waals surface area contributed by atoms with E-state index in [1.54, 1.807) is 17.1 Å². The van der Waals surface area contributed by atoms with Crippen LogP contribution in [0.15, 0.2) is 48.9 Å². The third-order valence-electron chi connectivity index (χ3n) is 5.41. The van der Waals surface area contributed by atoms with Gasteiger partial charge in [0.15, 0.2) is 5.82 Å². The molecule has 0 saturated heterocycles.